The predicted octanol–water partition coefficient (Wildman–Crippen LogP) is 6.22. The van der Waals surface area contributed by atoms with E-state index in [1.807, 2.05) is 48.5 Å². The Morgan fingerprint density at radius 3 is 2.42 bits per heavy atom. The molecule has 0 bridgehead atoms. The van der Waals surface area contributed by atoms with Gasteiger partial charge in [-0.15, -0.1) is 0 Å². The molecular formula is C36H46F2N4O6. The number of aromatic nitrogens is 1. The summed E-state index contributed by atoms with van der Waals surface area (Å²) in [5.74, 6) is 0.618. The normalized spacial score (nSPS) is 16.4. The maximum Gasteiger partial charge on any atom is 0.412 e. The first-order valence-corrected chi connectivity index (χ1v) is 16.2. The molecule has 0 aliphatic heterocycles. The molecule has 0 unspecified atom stereocenters. The fourth-order valence-corrected chi connectivity index (χ4v) is 6.27. The number of nitrogens with two attached hydrogens (primary N) is 1. The van der Waals surface area contributed by atoms with Crippen molar-refractivity contribution >= 4 is 22.7 Å². The number of benzene rings is 3. The van der Waals surface area contributed by atoms with Crippen LogP contribution in [-0.4, -0.2) is 58.2 Å². The topological polar surface area (TPSA) is 161 Å². The highest BCUT2D eigenvalue weighted by molar-refractivity contribution is 5.94. The molecule has 48 heavy (non-hydrogen) atoms. The molecule has 3 aromatic carbocycles. The summed E-state index contributed by atoms with van der Waals surface area (Å²) < 4.78 is 6.10. The number of ether oxygens (including phenoxy) is 1. The Kier molecular flexibility index (Phi) is 14.3. The van der Waals surface area contributed by atoms with Gasteiger partial charge in [0.15, 0.2) is 0 Å². The summed E-state index contributed by atoms with van der Waals surface area (Å²) in [4.78, 5) is 28.4. The van der Waals surface area contributed by atoms with Crippen LogP contribution in [0, 0.1) is 0 Å². The zero-order valence-corrected chi connectivity index (χ0v) is 26.8. The van der Waals surface area contributed by atoms with Gasteiger partial charge < -0.3 is 36.1 Å². The molecule has 1 aliphatic carbocycles. The summed E-state index contributed by atoms with van der Waals surface area (Å²) in [5.41, 5.74) is 9.22. The second-order valence-corrected chi connectivity index (χ2v) is 12.0. The maximum absolute atomic E-state index is 12.6. The largest absolute Gasteiger partial charge is 0.506 e. The summed E-state index contributed by atoms with van der Waals surface area (Å²) >= 11 is 0. The fraction of sp³-hybridized carbons (Fsp3) is 0.389. The van der Waals surface area contributed by atoms with E-state index in [-0.39, 0.29) is 32.8 Å². The number of pyridine rings is 1. The molecule has 5 rings (SSSR count). The number of carbonyl (C=O) groups is 1. The van der Waals surface area contributed by atoms with Crippen molar-refractivity contribution in [2.45, 2.75) is 69.6 Å². The Balaban J connectivity index is 0.00000312. The number of aromatic amines is 1. The Morgan fingerprint density at radius 1 is 0.958 bits per heavy atom. The molecule has 1 aromatic heterocycles. The van der Waals surface area contributed by atoms with E-state index in [1.165, 1.54) is 17.0 Å². The minimum Gasteiger partial charge on any atom is -0.506 e. The van der Waals surface area contributed by atoms with E-state index in [9.17, 15) is 24.9 Å². The summed E-state index contributed by atoms with van der Waals surface area (Å²) in [5, 5.41) is 35.0. The SMILES string of the molecule is F.F.N[C@H]1CC[C@H](N(C(=O)O)c2cc(OCCCCCCNC[C@H](O)c3ccc(O)c4[nH]c(=O)ccc34)ccc2-c2ccccc2)CC1. The molecule has 1 atom stereocenters. The number of fused-ring (bicyclic) bond motifs is 1. The van der Waals surface area contributed by atoms with Gasteiger partial charge >= 0.3 is 6.09 Å². The number of unbranched alkanes of at least 4 members (excludes halogenated alkanes) is 3. The highest BCUT2D eigenvalue weighted by Crippen LogP contribution is 2.38. The standard InChI is InChI=1S/C36H44N4O6.2FH/c37-25-10-12-26(13-11-25)40(36(44)45)31-22-27(14-15-28(31)24-8-4-3-5-9-24)46-21-7-2-1-6-20-38-23-33(42)29-16-18-32(41)35-30(29)17-19-34(43)39-35;;/h3-5,8-9,14-19,22,25-26,33,38,41-42H,1-2,6-7,10-13,20-21,23,37H2,(H,39,43)(H,44,45);2*1H/t25-,26-,33-;;/m0../s1. The van der Waals surface area contributed by atoms with Crippen molar-refractivity contribution in [3.8, 4) is 22.6 Å². The molecule has 1 heterocycles. The second-order valence-electron chi connectivity index (χ2n) is 12.0. The van der Waals surface area contributed by atoms with Crippen molar-refractivity contribution < 1.29 is 34.3 Å². The van der Waals surface area contributed by atoms with Crippen LogP contribution in [0.2, 0.25) is 0 Å². The van der Waals surface area contributed by atoms with Crippen molar-refractivity contribution in [2.75, 3.05) is 24.6 Å². The molecule has 7 N–H and O–H groups in total. The van der Waals surface area contributed by atoms with Crippen molar-refractivity contribution in [2.24, 2.45) is 5.73 Å². The van der Waals surface area contributed by atoms with Crippen LogP contribution in [0.4, 0.5) is 19.9 Å². The van der Waals surface area contributed by atoms with E-state index in [0.717, 1.165) is 69.0 Å². The second kappa shape index (κ2) is 18.1. The maximum atomic E-state index is 12.6. The first kappa shape index (κ1) is 37.9. The summed E-state index contributed by atoms with van der Waals surface area (Å²) in [6.45, 7) is 1.62. The summed E-state index contributed by atoms with van der Waals surface area (Å²) in [7, 11) is 0. The number of H-pyrrole nitrogens is 1. The zero-order valence-electron chi connectivity index (χ0n) is 26.8. The lowest BCUT2D eigenvalue weighted by atomic mass is 9.90. The fourth-order valence-electron chi connectivity index (χ4n) is 6.27. The highest BCUT2D eigenvalue weighted by Gasteiger charge is 2.31. The van der Waals surface area contributed by atoms with Crippen LogP contribution in [0.25, 0.3) is 22.0 Å². The van der Waals surface area contributed by atoms with Gasteiger partial charge in [-0.1, -0.05) is 49.2 Å². The van der Waals surface area contributed by atoms with E-state index in [0.29, 0.717) is 41.1 Å². The molecular weight excluding hydrogens is 622 g/mol. The first-order valence-electron chi connectivity index (χ1n) is 16.2. The van der Waals surface area contributed by atoms with Crippen LogP contribution in [0.3, 0.4) is 0 Å². The number of amides is 1. The quantitative estimate of drug-likeness (QED) is 0.0864. The van der Waals surface area contributed by atoms with E-state index in [4.69, 9.17) is 10.5 Å². The van der Waals surface area contributed by atoms with Gasteiger partial charge in [-0.05, 0) is 80.5 Å². The molecule has 260 valence electrons. The molecule has 0 radical (unpaired) electrons. The summed E-state index contributed by atoms with van der Waals surface area (Å²) in [6, 6.07) is 21.7. The van der Waals surface area contributed by atoms with Crippen LogP contribution < -0.4 is 26.2 Å². The average Bonchev–Trinajstić information content (AvgIpc) is 3.05. The molecule has 1 fully saturated rings. The lowest BCUT2D eigenvalue weighted by Gasteiger charge is -2.35. The predicted molar refractivity (Wildman–Crippen MR) is 186 cm³/mol. The number of hydrogen-bond donors (Lipinski definition) is 6. The molecule has 0 saturated heterocycles. The highest BCUT2D eigenvalue weighted by atomic mass is 19.0. The number of aliphatic hydroxyl groups is 1. The minimum atomic E-state index is -0.969. The van der Waals surface area contributed by atoms with E-state index >= 15 is 0 Å². The number of phenolic OH excluding ortho intramolecular Hbond substituents is 1. The third kappa shape index (κ3) is 9.52. The van der Waals surface area contributed by atoms with Gasteiger partial charge in [-0.3, -0.25) is 19.1 Å². The monoisotopic (exact) mass is 668 g/mol. The summed E-state index contributed by atoms with van der Waals surface area (Å²) in [6.07, 6.45) is 5.08. The van der Waals surface area contributed by atoms with Gasteiger partial charge in [0, 0.05) is 41.7 Å². The van der Waals surface area contributed by atoms with Gasteiger partial charge in [-0.2, -0.15) is 0 Å². The molecule has 12 heteroatoms. The number of phenols is 1. The molecule has 10 nitrogen and oxygen atoms in total. The van der Waals surface area contributed by atoms with Crippen LogP contribution >= 0.6 is 0 Å². The van der Waals surface area contributed by atoms with Crippen LogP contribution in [0.1, 0.15) is 63.0 Å². The molecule has 1 saturated carbocycles. The average molecular weight is 669 g/mol. The number of rotatable bonds is 14. The van der Waals surface area contributed by atoms with Gasteiger partial charge in [0.2, 0.25) is 5.56 Å². The van der Waals surface area contributed by atoms with E-state index < -0.39 is 12.2 Å². The van der Waals surface area contributed by atoms with Crippen molar-refractivity contribution in [1.29, 1.82) is 0 Å². The Labute approximate surface area is 278 Å². The number of nitrogens with one attached hydrogen (secondary N) is 2. The molecule has 0 spiro atoms. The van der Waals surface area contributed by atoms with Crippen molar-refractivity contribution in [3.63, 3.8) is 0 Å². The smallest absolute Gasteiger partial charge is 0.412 e. The van der Waals surface area contributed by atoms with Gasteiger partial charge in [0.05, 0.1) is 23.9 Å². The lowest BCUT2D eigenvalue weighted by molar-refractivity contribution is 0.176. The van der Waals surface area contributed by atoms with Crippen molar-refractivity contribution in [3.05, 3.63) is 88.7 Å². The van der Waals surface area contributed by atoms with Crippen LogP contribution in [-0.2, 0) is 0 Å². The Morgan fingerprint density at radius 2 is 1.69 bits per heavy atom. The van der Waals surface area contributed by atoms with Crippen LogP contribution in [0.15, 0.2) is 77.6 Å². The molecule has 1 amide bonds. The molecule has 1 aliphatic rings. The lowest BCUT2D eigenvalue weighted by Crippen LogP contribution is -2.44. The van der Waals surface area contributed by atoms with Gasteiger partial charge in [0.1, 0.15) is 11.5 Å². The first-order chi connectivity index (χ1) is 22.3. The van der Waals surface area contributed by atoms with E-state index in [1.54, 1.807) is 12.1 Å². The van der Waals surface area contributed by atoms with E-state index in [2.05, 4.69) is 10.3 Å². The third-order valence-corrected chi connectivity index (χ3v) is 8.75. The number of aliphatic hydroxyl groups excluding tert-OH is 1. The molecule has 4 aromatic rings. The Hall–Kier alpha value is -4.52. The van der Waals surface area contributed by atoms with Crippen molar-refractivity contribution in [1.82, 2.24) is 10.3 Å². The number of halogens is 2. The van der Waals surface area contributed by atoms with Crippen LogP contribution in [0.5, 0.6) is 11.5 Å². The Bertz CT molecular complexity index is 1660. The zero-order chi connectivity index (χ0) is 32.5. The third-order valence-electron chi connectivity index (χ3n) is 8.75. The van der Waals surface area contributed by atoms with Gasteiger partial charge in [0.25, 0.3) is 0 Å². The van der Waals surface area contributed by atoms with Gasteiger partial charge in [-0.25, -0.2) is 4.79 Å². The minimum absolute atomic E-state index is 0. The number of carboxylic acid groups (broad SMARTS) is 1. The number of hydrogen-bond acceptors (Lipinski definition) is 7. The number of nitrogens with zero attached hydrogens (tertiary/aromatic N) is 1. The number of anilines is 1. The number of aromatic hydroxyl groups is 1.